The molecule has 1 atom stereocenters. The number of carbonyl (C=O) groups is 1. The lowest BCUT2D eigenvalue weighted by atomic mass is 9.82. The topological polar surface area (TPSA) is 84.8 Å². The van der Waals surface area contributed by atoms with Crippen LogP contribution in [-0.2, 0) is 16.0 Å². The number of hydrogen-bond donors (Lipinski definition) is 1. The van der Waals surface area contributed by atoms with Crippen LogP contribution in [0.2, 0.25) is 0 Å². The molecular weight excluding hydrogens is 540 g/mol. The minimum absolute atomic E-state index is 0.139. The van der Waals surface area contributed by atoms with Crippen molar-refractivity contribution >= 4 is 11.7 Å². The molecular formula is C33H41F2N3O4. The van der Waals surface area contributed by atoms with Crippen LogP contribution in [0, 0.1) is 30.9 Å². The number of ether oxygens (including phenoxy) is 2. The van der Waals surface area contributed by atoms with E-state index in [1.807, 2.05) is 27.7 Å². The van der Waals surface area contributed by atoms with Gasteiger partial charge >= 0.3 is 5.97 Å². The first-order chi connectivity index (χ1) is 19.6. The molecule has 226 valence electrons. The van der Waals surface area contributed by atoms with Gasteiger partial charge < -0.3 is 19.5 Å². The quantitative estimate of drug-likeness (QED) is 0.285. The third kappa shape index (κ3) is 7.43. The van der Waals surface area contributed by atoms with E-state index in [0.29, 0.717) is 47.6 Å². The lowest BCUT2D eigenvalue weighted by molar-refractivity contribution is -0.160. The standard InChI is InChI=1S/C33H41F2N3O4/c1-20-16-24(34)9-8-22(20)10-15-41-30-26(35)17-23(18-37-30)25-19-36-21(2)27(29(31(39)40)42-32(3,4)5)28(25)38-13-11-33(6,7)12-14-38/h8-9,16-19,29H,10-15H2,1-7H3,(H,39,40)/t29-/m0/s1. The molecule has 0 radical (unpaired) electrons. The number of aromatic nitrogens is 2. The molecule has 42 heavy (non-hydrogen) atoms. The first kappa shape index (κ1) is 31.3. The van der Waals surface area contributed by atoms with Crippen molar-refractivity contribution in [3.05, 3.63) is 70.7 Å². The van der Waals surface area contributed by atoms with E-state index >= 15 is 4.39 Å². The van der Waals surface area contributed by atoms with Crippen LogP contribution in [0.15, 0.2) is 36.7 Å². The second kappa shape index (κ2) is 12.3. The minimum atomic E-state index is -1.27. The Kier molecular flexibility index (Phi) is 9.21. The molecule has 0 aliphatic carbocycles. The van der Waals surface area contributed by atoms with Crippen LogP contribution >= 0.6 is 0 Å². The summed E-state index contributed by atoms with van der Waals surface area (Å²) in [6.45, 7) is 15.1. The van der Waals surface area contributed by atoms with Gasteiger partial charge in [0.2, 0.25) is 5.88 Å². The third-order valence-corrected chi connectivity index (χ3v) is 7.71. The normalized spacial score (nSPS) is 15.9. The highest BCUT2D eigenvalue weighted by atomic mass is 19.1. The number of aliphatic carboxylic acids is 1. The first-order valence-corrected chi connectivity index (χ1v) is 14.3. The number of halogens is 2. The van der Waals surface area contributed by atoms with Gasteiger partial charge in [-0.1, -0.05) is 19.9 Å². The Labute approximate surface area is 246 Å². The number of aryl methyl sites for hydroxylation is 2. The van der Waals surface area contributed by atoms with E-state index < -0.39 is 23.5 Å². The molecule has 0 unspecified atom stereocenters. The summed E-state index contributed by atoms with van der Waals surface area (Å²) >= 11 is 0. The molecule has 9 heteroatoms. The van der Waals surface area contributed by atoms with Gasteiger partial charge in [0.1, 0.15) is 5.82 Å². The number of anilines is 1. The number of carboxylic acid groups (broad SMARTS) is 1. The van der Waals surface area contributed by atoms with Crippen molar-refractivity contribution in [3.63, 3.8) is 0 Å². The number of nitrogens with zero attached hydrogens (tertiary/aromatic N) is 3. The summed E-state index contributed by atoms with van der Waals surface area (Å²) in [7, 11) is 0. The monoisotopic (exact) mass is 581 g/mol. The SMILES string of the molecule is Cc1cc(F)ccc1CCOc1ncc(-c2cnc(C)c([C@H](OC(C)(C)C)C(=O)O)c2N2CCC(C)(C)CC2)cc1F. The maximum atomic E-state index is 15.4. The van der Waals surface area contributed by atoms with Crippen LogP contribution in [0.4, 0.5) is 14.5 Å². The van der Waals surface area contributed by atoms with Crippen LogP contribution in [0.1, 0.15) is 75.9 Å². The second-order valence-corrected chi connectivity index (χ2v) is 12.8. The molecule has 0 spiro atoms. The maximum Gasteiger partial charge on any atom is 0.337 e. The molecule has 7 nitrogen and oxygen atoms in total. The van der Waals surface area contributed by atoms with Gasteiger partial charge in [-0.15, -0.1) is 0 Å². The molecule has 1 aliphatic heterocycles. The summed E-state index contributed by atoms with van der Waals surface area (Å²) in [6.07, 6.45) is 4.21. The summed E-state index contributed by atoms with van der Waals surface area (Å²) in [5, 5.41) is 10.3. The van der Waals surface area contributed by atoms with E-state index in [4.69, 9.17) is 9.47 Å². The predicted molar refractivity (Wildman–Crippen MR) is 159 cm³/mol. The van der Waals surface area contributed by atoms with Gasteiger partial charge in [-0.25, -0.2) is 18.6 Å². The first-order valence-electron chi connectivity index (χ1n) is 14.3. The van der Waals surface area contributed by atoms with Crippen molar-refractivity contribution in [1.29, 1.82) is 0 Å². The Hall–Kier alpha value is -3.59. The van der Waals surface area contributed by atoms with Gasteiger partial charge in [0.15, 0.2) is 11.9 Å². The Bertz CT molecular complexity index is 1440. The number of rotatable bonds is 9. The zero-order valence-electron chi connectivity index (χ0n) is 25.6. The number of benzene rings is 1. The summed E-state index contributed by atoms with van der Waals surface area (Å²) in [4.78, 5) is 23.6. The largest absolute Gasteiger partial charge is 0.479 e. The van der Waals surface area contributed by atoms with Crippen molar-refractivity contribution in [1.82, 2.24) is 9.97 Å². The van der Waals surface area contributed by atoms with Gasteiger partial charge in [-0.2, -0.15) is 0 Å². The molecule has 0 saturated carbocycles. The van der Waals surface area contributed by atoms with Crippen LogP contribution in [0.25, 0.3) is 11.1 Å². The van der Waals surface area contributed by atoms with E-state index in [1.165, 1.54) is 24.4 Å². The fraction of sp³-hybridized carbons (Fsp3) is 0.485. The molecule has 1 aliphatic rings. The van der Waals surface area contributed by atoms with Crippen molar-refractivity contribution < 1.29 is 28.2 Å². The van der Waals surface area contributed by atoms with Crippen molar-refractivity contribution in [3.8, 4) is 17.0 Å². The summed E-state index contributed by atoms with van der Waals surface area (Å²) < 4.78 is 40.5. The Morgan fingerprint density at radius 2 is 1.79 bits per heavy atom. The molecule has 3 heterocycles. The predicted octanol–water partition coefficient (Wildman–Crippen LogP) is 7.23. The number of hydrogen-bond acceptors (Lipinski definition) is 6. The third-order valence-electron chi connectivity index (χ3n) is 7.71. The average molecular weight is 582 g/mol. The Morgan fingerprint density at radius 3 is 2.38 bits per heavy atom. The highest BCUT2D eigenvalue weighted by Crippen LogP contribution is 2.43. The summed E-state index contributed by atoms with van der Waals surface area (Å²) in [5.41, 5.74) is 3.86. The molecule has 4 rings (SSSR count). The van der Waals surface area contributed by atoms with Gasteiger partial charge in [-0.3, -0.25) is 4.98 Å². The van der Waals surface area contributed by atoms with Crippen LogP contribution in [0.3, 0.4) is 0 Å². The average Bonchev–Trinajstić information content (AvgIpc) is 2.89. The molecule has 1 saturated heterocycles. The summed E-state index contributed by atoms with van der Waals surface area (Å²) in [6, 6.07) is 5.89. The molecule has 1 N–H and O–H groups in total. The van der Waals surface area contributed by atoms with Crippen molar-refractivity contribution in [2.45, 2.75) is 79.4 Å². The highest BCUT2D eigenvalue weighted by molar-refractivity contribution is 5.86. The van der Waals surface area contributed by atoms with E-state index in [9.17, 15) is 14.3 Å². The molecule has 2 aromatic heterocycles. The van der Waals surface area contributed by atoms with Gasteiger partial charge in [-0.05, 0) is 82.2 Å². The molecule has 1 aromatic carbocycles. The zero-order valence-corrected chi connectivity index (χ0v) is 25.6. The van der Waals surface area contributed by atoms with E-state index in [0.717, 1.165) is 24.0 Å². The van der Waals surface area contributed by atoms with Gasteiger partial charge in [0, 0.05) is 54.3 Å². The van der Waals surface area contributed by atoms with Crippen molar-refractivity contribution in [2.24, 2.45) is 5.41 Å². The second-order valence-electron chi connectivity index (χ2n) is 12.8. The van der Waals surface area contributed by atoms with Crippen LogP contribution in [-0.4, -0.2) is 46.3 Å². The van der Waals surface area contributed by atoms with E-state index in [1.54, 1.807) is 19.2 Å². The number of piperidine rings is 1. The lowest BCUT2D eigenvalue weighted by Gasteiger charge is -2.40. The Morgan fingerprint density at radius 1 is 1.10 bits per heavy atom. The van der Waals surface area contributed by atoms with Gasteiger partial charge in [0.25, 0.3) is 0 Å². The zero-order chi connectivity index (χ0) is 30.8. The number of pyridine rings is 2. The highest BCUT2D eigenvalue weighted by Gasteiger charge is 2.36. The van der Waals surface area contributed by atoms with Crippen LogP contribution in [0.5, 0.6) is 5.88 Å². The fourth-order valence-corrected chi connectivity index (χ4v) is 5.27. The smallest absolute Gasteiger partial charge is 0.337 e. The fourth-order valence-electron chi connectivity index (χ4n) is 5.27. The van der Waals surface area contributed by atoms with Crippen LogP contribution < -0.4 is 9.64 Å². The number of carboxylic acids is 1. The molecule has 3 aromatic rings. The van der Waals surface area contributed by atoms with E-state index in [2.05, 4.69) is 28.7 Å². The van der Waals surface area contributed by atoms with Gasteiger partial charge in [0.05, 0.1) is 17.9 Å². The Balaban J connectivity index is 1.71. The molecule has 1 fully saturated rings. The lowest BCUT2D eigenvalue weighted by Crippen LogP contribution is -2.39. The van der Waals surface area contributed by atoms with E-state index in [-0.39, 0.29) is 23.7 Å². The minimum Gasteiger partial charge on any atom is -0.479 e. The maximum absolute atomic E-state index is 15.4. The molecule has 0 bridgehead atoms. The van der Waals surface area contributed by atoms with Crippen molar-refractivity contribution in [2.75, 3.05) is 24.6 Å². The molecule has 0 amide bonds. The summed E-state index contributed by atoms with van der Waals surface area (Å²) in [5.74, 6) is -2.20.